The second-order valence-electron chi connectivity index (χ2n) is 8.78. The van der Waals surface area contributed by atoms with E-state index in [4.69, 9.17) is 23.2 Å². The number of hydrogen-bond donors (Lipinski definition) is 1. The minimum atomic E-state index is -0.663. The highest BCUT2D eigenvalue weighted by atomic mass is 35.5. The fraction of sp³-hybridized carbons (Fsp3) is 0.310. The summed E-state index contributed by atoms with van der Waals surface area (Å²) in [7, 11) is 0. The van der Waals surface area contributed by atoms with Crippen molar-refractivity contribution < 1.29 is 9.59 Å². The van der Waals surface area contributed by atoms with Gasteiger partial charge in [-0.2, -0.15) is 0 Å². The third-order valence-corrected chi connectivity index (χ3v) is 6.82. The zero-order valence-corrected chi connectivity index (χ0v) is 21.7. The molecule has 3 aromatic carbocycles. The molecule has 0 saturated heterocycles. The van der Waals surface area contributed by atoms with Gasteiger partial charge in [-0.3, -0.25) is 9.59 Å². The smallest absolute Gasteiger partial charge is 0.243 e. The van der Waals surface area contributed by atoms with Crippen LogP contribution in [0.5, 0.6) is 0 Å². The quantitative estimate of drug-likeness (QED) is 0.320. The molecule has 184 valence electrons. The van der Waals surface area contributed by atoms with Crippen LogP contribution in [0.15, 0.2) is 78.9 Å². The maximum Gasteiger partial charge on any atom is 0.243 e. The summed E-state index contributed by atoms with van der Waals surface area (Å²) in [6.45, 7) is 4.25. The molecule has 0 fully saturated rings. The molecule has 6 heteroatoms. The van der Waals surface area contributed by atoms with E-state index in [2.05, 4.69) is 5.32 Å². The number of aryl methyl sites for hydroxylation is 1. The number of amides is 2. The molecule has 0 aliphatic carbocycles. The fourth-order valence-electron chi connectivity index (χ4n) is 3.87. The summed E-state index contributed by atoms with van der Waals surface area (Å²) in [5.41, 5.74) is 2.90. The van der Waals surface area contributed by atoms with Crippen LogP contribution in [0.1, 0.15) is 43.4 Å². The molecule has 0 saturated carbocycles. The van der Waals surface area contributed by atoms with Gasteiger partial charge in [-0.25, -0.2) is 0 Å². The Hall–Kier alpha value is -2.82. The van der Waals surface area contributed by atoms with Crippen molar-refractivity contribution in [3.8, 4) is 0 Å². The Kier molecular flexibility index (Phi) is 10.2. The van der Waals surface area contributed by atoms with E-state index in [0.29, 0.717) is 29.3 Å². The van der Waals surface area contributed by atoms with Crippen LogP contribution in [0.3, 0.4) is 0 Å². The number of rotatable bonds is 11. The molecule has 0 aliphatic heterocycles. The number of nitrogens with one attached hydrogen (secondary N) is 1. The van der Waals surface area contributed by atoms with Crippen molar-refractivity contribution in [1.29, 1.82) is 0 Å². The molecule has 35 heavy (non-hydrogen) atoms. The molecule has 0 aliphatic rings. The van der Waals surface area contributed by atoms with Gasteiger partial charge < -0.3 is 10.2 Å². The number of halogens is 2. The first-order valence-electron chi connectivity index (χ1n) is 12.0. The van der Waals surface area contributed by atoms with E-state index < -0.39 is 6.04 Å². The monoisotopic (exact) mass is 510 g/mol. The van der Waals surface area contributed by atoms with E-state index in [0.717, 1.165) is 23.1 Å². The van der Waals surface area contributed by atoms with Crippen molar-refractivity contribution in [3.63, 3.8) is 0 Å². The summed E-state index contributed by atoms with van der Waals surface area (Å²) >= 11 is 12.4. The minimum absolute atomic E-state index is 0.00650. The summed E-state index contributed by atoms with van der Waals surface area (Å²) in [6.07, 6.45) is 2.12. The molecule has 0 heterocycles. The van der Waals surface area contributed by atoms with Crippen LogP contribution in [0.2, 0.25) is 10.0 Å². The lowest BCUT2D eigenvalue weighted by Gasteiger charge is -2.32. The number of carbonyl (C=O) groups is 2. The molecule has 0 spiro atoms. The lowest BCUT2D eigenvalue weighted by atomic mass is 10.0. The predicted molar refractivity (Wildman–Crippen MR) is 144 cm³/mol. The normalized spacial score (nSPS) is 12.6. The molecule has 3 aromatic rings. The first-order valence-corrected chi connectivity index (χ1v) is 12.7. The molecule has 0 aromatic heterocycles. The van der Waals surface area contributed by atoms with E-state index in [1.165, 1.54) is 0 Å². The molecular formula is C29H32Cl2N2O2. The average molecular weight is 511 g/mol. The van der Waals surface area contributed by atoms with E-state index in [1.807, 2.05) is 80.6 Å². The molecule has 4 nitrogen and oxygen atoms in total. The first kappa shape index (κ1) is 26.8. The van der Waals surface area contributed by atoms with Crippen LogP contribution < -0.4 is 5.32 Å². The molecule has 0 unspecified atom stereocenters. The van der Waals surface area contributed by atoms with Gasteiger partial charge in [0.05, 0.1) is 10.0 Å². The SMILES string of the molecule is CC[C@H](C)NC(=O)[C@H](Cc1ccccc1)N(Cc1ccc(Cl)c(Cl)c1)C(=O)CCc1ccccc1. The summed E-state index contributed by atoms with van der Waals surface area (Å²) in [5, 5.41) is 3.96. The van der Waals surface area contributed by atoms with Crippen molar-refractivity contribution in [2.24, 2.45) is 0 Å². The summed E-state index contributed by atoms with van der Waals surface area (Å²) in [5.74, 6) is -0.239. The molecule has 0 radical (unpaired) electrons. The van der Waals surface area contributed by atoms with Crippen molar-refractivity contribution in [2.75, 3.05) is 0 Å². The highest BCUT2D eigenvalue weighted by Crippen LogP contribution is 2.25. The number of hydrogen-bond acceptors (Lipinski definition) is 2. The van der Waals surface area contributed by atoms with Gasteiger partial charge in [0.25, 0.3) is 0 Å². The second kappa shape index (κ2) is 13.3. The summed E-state index contributed by atoms with van der Waals surface area (Å²) in [6, 6.07) is 24.4. The van der Waals surface area contributed by atoms with Gasteiger partial charge in [-0.1, -0.05) is 96.9 Å². The van der Waals surface area contributed by atoms with Gasteiger partial charge in [0.2, 0.25) is 11.8 Å². The van der Waals surface area contributed by atoms with Gasteiger partial charge in [0.1, 0.15) is 6.04 Å². The topological polar surface area (TPSA) is 49.4 Å². The lowest BCUT2D eigenvalue weighted by molar-refractivity contribution is -0.141. The average Bonchev–Trinajstić information content (AvgIpc) is 2.87. The van der Waals surface area contributed by atoms with Crippen molar-refractivity contribution in [1.82, 2.24) is 10.2 Å². The highest BCUT2D eigenvalue weighted by Gasteiger charge is 2.30. The largest absolute Gasteiger partial charge is 0.352 e. The van der Waals surface area contributed by atoms with Crippen LogP contribution in [0, 0.1) is 0 Å². The molecule has 1 N–H and O–H groups in total. The lowest BCUT2D eigenvalue weighted by Crippen LogP contribution is -2.52. The standard InChI is InChI=1S/C29H32Cl2N2O2/c1-3-21(2)32-29(35)27(19-23-12-8-5-9-13-23)33(20-24-14-16-25(30)26(31)18-24)28(34)17-15-22-10-6-4-7-11-22/h4-14,16,18,21,27H,3,15,17,19-20H2,1-2H3,(H,32,35)/t21-,27-/m0/s1. The maximum atomic E-state index is 13.7. The van der Waals surface area contributed by atoms with Gasteiger partial charge in [0, 0.05) is 25.4 Å². The molecule has 0 bridgehead atoms. The number of benzene rings is 3. The minimum Gasteiger partial charge on any atom is -0.352 e. The Morgan fingerprint density at radius 2 is 1.49 bits per heavy atom. The van der Waals surface area contributed by atoms with Crippen LogP contribution in [0.25, 0.3) is 0 Å². The van der Waals surface area contributed by atoms with Crippen molar-refractivity contribution in [2.45, 2.75) is 58.2 Å². The second-order valence-corrected chi connectivity index (χ2v) is 9.59. The summed E-state index contributed by atoms with van der Waals surface area (Å²) < 4.78 is 0. The van der Waals surface area contributed by atoms with E-state index in [-0.39, 0.29) is 24.4 Å². The predicted octanol–water partition coefficient (Wildman–Crippen LogP) is 6.48. The molecular weight excluding hydrogens is 479 g/mol. The Morgan fingerprint density at radius 3 is 2.09 bits per heavy atom. The van der Waals surface area contributed by atoms with E-state index >= 15 is 0 Å². The van der Waals surface area contributed by atoms with Gasteiger partial charge in [-0.15, -0.1) is 0 Å². The van der Waals surface area contributed by atoms with Gasteiger partial charge in [0.15, 0.2) is 0 Å². The Labute approximate surface area is 218 Å². The fourth-order valence-corrected chi connectivity index (χ4v) is 4.19. The van der Waals surface area contributed by atoms with E-state index in [1.54, 1.807) is 17.0 Å². The molecule has 3 rings (SSSR count). The molecule has 2 atom stereocenters. The van der Waals surface area contributed by atoms with Crippen LogP contribution in [0.4, 0.5) is 0 Å². The third kappa shape index (κ3) is 8.12. The van der Waals surface area contributed by atoms with E-state index in [9.17, 15) is 9.59 Å². The number of nitrogens with zero attached hydrogens (tertiary/aromatic N) is 1. The molecule has 2 amide bonds. The highest BCUT2D eigenvalue weighted by molar-refractivity contribution is 6.42. The van der Waals surface area contributed by atoms with Crippen LogP contribution in [-0.2, 0) is 29.0 Å². The number of carbonyl (C=O) groups excluding carboxylic acids is 2. The van der Waals surface area contributed by atoms with Gasteiger partial charge in [-0.05, 0) is 48.6 Å². The van der Waals surface area contributed by atoms with Crippen LogP contribution >= 0.6 is 23.2 Å². The maximum absolute atomic E-state index is 13.7. The summed E-state index contributed by atoms with van der Waals surface area (Å²) in [4.78, 5) is 28.8. The zero-order chi connectivity index (χ0) is 25.2. The van der Waals surface area contributed by atoms with Crippen molar-refractivity contribution in [3.05, 3.63) is 106 Å². The Balaban J connectivity index is 1.93. The van der Waals surface area contributed by atoms with Crippen molar-refractivity contribution >= 4 is 35.0 Å². The van der Waals surface area contributed by atoms with Gasteiger partial charge >= 0.3 is 0 Å². The Bertz CT molecular complexity index is 1110. The van der Waals surface area contributed by atoms with Crippen LogP contribution in [-0.4, -0.2) is 28.8 Å². The Morgan fingerprint density at radius 1 is 0.857 bits per heavy atom. The first-order chi connectivity index (χ1) is 16.9. The third-order valence-electron chi connectivity index (χ3n) is 6.08. The zero-order valence-electron chi connectivity index (χ0n) is 20.2.